The Kier molecular flexibility index (Phi) is 5.04. The lowest BCUT2D eigenvalue weighted by molar-refractivity contribution is -0.151. The van der Waals surface area contributed by atoms with Crippen LogP contribution in [0.25, 0.3) is 0 Å². The van der Waals surface area contributed by atoms with E-state index in [1.165, 1.54) is 20.8 Å². The predicted octanol–water partition coefficient (Wildman–Crippen LogP) is 4.19. The second-order valence-electron chi connectivity index (χ2n) is 5.60. The van der Waals surface area contributed by atoms with Gasteiger partial charge in [0.05, 0.1) is 6.42 Å². The first-order chi connectivity index (χ1) is 8.72. The summed E-state index contributed by atoms with van der Waals surface area (Å²) in [5.74, 6) is -3.47. The molecule has 1 aromatic carbocycles. The minimum Gasteiger partial charge on any atom is -0.461 e. The lowest BCUT2D eigenvalue weighted by Crippen LogP contribution is -2.34. The summed E-state index contributed by atoms with van der Waals surface area (Å²) in [6.07, 6.45) is -0.749. The van der Waals surface area contributed by atoms with Gasteiger partial charge in [0.1, 0.15) is 6.61 Å². The number of carbonyl (C=O) groups excluding carboxylic acids is 1. The molecule has 4 heteroatoms. The summed E-state index contributed by atoms with van der Waals surface area (Å²) >= 11 is 0. The largest absolute Gasteiger partial charge is 0.461 e. The molecule has 0 N–H and O–H groups in total. The van der Waals surface area contributed by atoms with Crippen LogP contribution >= 0.6 is 0 Å². The lowest BCUT2D eigenvalue weighted by atomic mass is 9.85. The normalized spacial score (nSPS) is 12.3. The van der Waals surface area contributed by atoms with Crippen molar-refractivity contribution in [1.82, 2.24) is 0 Å². The summed E-state index contributed by atoms with van der Waals surface area (Å²) in [5, 5.41) is 0. The fourth-order valence-corrected chi connectivity index (χ4v) is 1.44. The summed E-state index contributed by atoms with van der Waals surface area (Å²) in [6, 6.07) is 9.15. The third-order valence-corrected chi connectivity index (χ3v) is 2.98. The molecule has 0 unspecified atom stereocenters. The van der Waals surface area contributed by atoms with Crippen LogP contribution in [0.1, 0.15) is 39.2 Å². The van der Waals surface area contributed by atoms with Crippen LogP contribution in [-0.2, 0) is 16.1 Å². The zero-order valence-electron chi connectivity index (χ0n) is 11.6. The minimum atomic E-state index is -2.88. The van der Waals surface area contributed by atoms with Crippen LogP contribution in [0.4, 0.5) is 8.78 Å². The maximum Gasteiger partial charge on any atom is 0.306 e. The van der Waals surface area contributed by atoms with Gasteiger partial charge < -0.3 is 4.74 Å². The standard InChI is InChI=1S/C15H20F2O2/c1-14(2,3)15(16,17)10-9-13(18)19-11-12-7-5-4-6-8-12/h4-8H,9-11H2,1-3H3. The number of alkyl halides is 2. The molecule has 0 spiro atoms. The molecule has 0 atom stereocenters. The van der Waals surface area contributed by atoms with Crippen molar-refractivity contribution in [2.45, 2.75) is 46.1 Å². The Morgan fingerprint density at radius 3 is 2.26 bits per heavy atom. The highest BCUT2D eigenvalue weighted by molar-refractivity contribution is 5.69. The Labute approximate surface area is 112 Å². The Bertz CT molecular complexity index is 408. The van der Waals surface area contributed by atoms with E-state index in [-0.39, 0.29) is 13.0 Å². The Balaban J connectivity index is 2.37. The SMILES string of the molecule is CC(C)(C)C(F)(F)CCC(=O)OCc1ccccc1. The van der Waals surface area contributed by atoms with Gasteiger partial charge in [-0.05, 0) is 5.56 Å². The fraction of sp³-hybridized carbons (Fsp3) is 0.533. The van der Waals surface area contributed by atoms with Crippen LogP contribution < -0.4 is 0 Å². The van der Waals surface area contributed by atoms with Crippen molar-refractivity contribution in [3.05, 3.63) is 35.9 Å². The molecule has 1 rings (SSSR count). The minimum absolute atomic E-state index is 0.126. The van der Waals surface area contributed by atoms with Gasteiger partial charge in [0.15, 0.2) is 0 Å². The average Bonchev–Trinajstić information content (AvgIpc) is 2.34. The van der Waals surface area contributed by atoms with Gasteiger partial charge >= 0.3 is 5.97 Å². The predicted molar refractivity (Wildman–Crippen MR) is 69.9 cm³/mol. The number of carbonyl (C=O) groups is 1. The highest BCUT2D eigenvalue weighted by atomic mass is 19.3. The molecule has 0 fully saturated rings. The Morgan fingerprint density at radius 2 is 1.74 bits per heavy atom. The van der Waals surface area contributed by atoms with E-state index in [9.17, 15) is 13.6 Å². The van der Waals surface area contributed by atoms with E-state index >= 15 is 0 Å². The van der Waals surface area contributed by atoms with Crippen molar-refractivity contribution in [2.24, 2.45) is 5.41 Å². The molecule has 0 amide bonds. The van der Waals surface area contributed by atoms with Crippen LogP contribution in [0.15, 0.2) is 30.3 Å². The van der Waals surface area contributed by atoms with E-state index in [1.807, 2.05) is 30.3 Å². The van der Waals surface area contributed by atoms with Gasteiger partial charge in [-0.15, -0.1) is 0 Å². The molecule has 106 valence electrons. The second-order valence-corrected chi connectivity index (χ2v) is 5.60. The molecule has 0 aliphatic rings. The summed E-state index contributed by atoms with van der Waals surface area (Å²) < 4.78 is 32.3. The monoisotopic (exact) mass is 270 g/mol. The molecule has 0 aromatic heterocycles. The van der Waals surface area contributed by atoms with Gasteiger partial charge in [0, 0.05) is 11.8 Å². The number of esters is 1. The van der Waals surface area contributed by atoms with E-state index < -0.39 is 23.7 Å². The first kappa shape index (κ1) is 15.6. The lowest BCUT2D eigenvalue weighted by Gasteiger charge is -2.30. The number of hydrogen-bond acceptors (Lipinski definition) is 2. The summed E-state index contributed by atoms with van der Waals surface area (Å²) in [7, 11) is 0. The first-order valence-corrected chi connectivity index (χ1v) is 6.30. The third kappa shape index (κ3) is 4.97. The summed E-state index contributed by atoms with van der Waals surface area (Å²) in [4.78, 5) is 11.4. The smallest absolute Gasteiger partial charge is 0.306 e. The molecule has 0 saturated carbocycles. The third-order valence-electron chi connectivity index (χ3n) is 2.98. The number of benzene rings is 1. The molecule has 0 saturated heterocycles. The van der Waals surface area contributed by atoms with Crippen molar-refractivity contribution in [3.63, 3.8) is 0 Å². The molecular weight excluding hydrogens is 250 g/mol. The van der Waals surface area contributed by atoms with Crippen LogP contribution in [0.2, 0.25) is 0 Å². The van der Waals surface area contributed by atoms with E-state index in [0.29, 0.717) is 0 Å². The quantitative estimate of drug-likeness (QED) is 0.750. The van der Waals surface area contributed by atoms with Gasteiger partial charge in [-0.2, -0.15) is 0 Å². The average molecular weight is 270 g/mol. The molecule has 0 heterocycles. The fourth-order valence-electron chi connectivity index (χ4n) is 1.44. The molecule has 0 aliphatic heterocycles. The van der Waals surface area contributed by atoms with Crippen LogP contribution in [0.5, 0.6) is 0 Å². The summed E-state index contributed by atoms with van der Waals surface area (Å²) in [5.41, 5.74) is -0.300. The van der Waals surface area contributed by atoms with Gasteiger partial charge in [-0.25, -0.2) is 8.78 Å². The van der Waals surface area contributed by atoms with Crippen molar-refractivity contribution < 1.29 is 18.3 Å². The molecule has 19 heavy (non-hydrogen) atoms. The van der Waals surface area contributed by atoms with Gasteiger partial charge in [0.2, 0.25) is 0 Å². The van der Waals surface area contributed by atoms with Gasteiger partial charge in [-0.1, -0.05) is 51.1 Å². The summed E-state index contributed by atoms with van der Waals surface area (Å²) in [6.45, 7) is 4.51. The van der Waals surface area contributed by atoms with Crippen molar-refractivity contribution in [3.8, 4) is 0 Å². The van der Waals surface area contributed by atoms with E-state index in [0.717, 1.165) is 5.56 Å². The number of hydrogen-bond donors (Lipinski definition) is 0. The molecule has 0 bridgehead atoms. The highest BCUT2D eigenvalue weighted by Crippen LogP contribution is 2.39. The highest BCUT2D eigenvalue weighted by Gasteiger charge is 2.42. The van der Waals surface area contributed by atoms with Crippen molar-refractivity contribution in [1.29, 1.82) is 0 Å². The molecular formula is C15H20F2O2. The number of rotatable bonds is 5. The van der Waals surface area contributed by atoms with Crippen molar-refractivity contribution in [2.75, 3.05) is 0 Å². The number of halogens is 2. The zero-order valence-corrected chi connectivity index (χ0v) is 11.6. The molecule has 2 nitrogen and oxygen atoms in total. The van der Waals surface area contributed by atoms with Gasteiger partial charge in [-0.3, -0.25) is 4.79 Å². The van der Waals surface area contributed by atoms with Crippen molar-refractivity contribution >= 4 is 5.97 Å². The first-order valence-electron chi connectivity index (χ1n) is 6.30. The number of ether oxygens (including phenoxy) is 1. The maximum atomic E-state index is 13.6. The van der Waals surface area contributed by atoms with Gasteiger partial charge in [0.25, 0.3) is 5.92 Å². The second kappa shape index (κ2) is 6.13. The molecule has 0 aliphatic carbocycles. The van der Waals surface area contributed by atoms with Crippen LogP contribution in [0.3, 0.4) is 0 Å². The Morgan fingerprint density at radius 1 is 1.16 bits per heavy atom. The van der Waals surface area contributed by atoms with E-state index in [2.05, 4.69) is 0 Å². The Hall–Kier alpha value is -1.45. The topological polar surface area (TPSA) is 26.3 Å². The molecule has 1 aromatic rings. The van der Waals surface area contributed by atoms with Crippen LogP contribution in [0, 0.1) is 5.41 Å². The van der Waals surface area contributed by atoms with E-state index in [1.54, 1.807) is 0 Å². The van der Waals surface area contributed by atoms with Crippen LogP contribution in [-0.4, -0.2) is 11.9 Å². The molecule has 0 radical (unpaired) electrons. The maximum absolute atomic E-state index is 13.6. The van der Waals surface area contributed by atoms with E-state index in [4.69, 9.17) is 4.74 Å². The zero-order chi connectivity index (χ0) is 14.5.